The minimum absolute atomic E-state index is 0.162. The number of hydrogen-bond acceptors (Lipinski definition) is 4. The van der Waals surface area contributed by atoms with Gasteiger partial charge in [0.1, 0.15) is 11.4 Å². The molecule has 1 aromatic carbocycles. The first kappa shape index (κ1) is 19.0. The molecule has 3 N–H and O–H groups in total. The number of esters is 1. The van der Waals surface area contributed by atoms with Crippen LogP contribution in [0.1, 0.15) is 33.3 Å². The number of ether oxygens (including phenoxy) is 1. The van der Waals surface area contributed by atoms with E-state index in [0.717, 1.165) is 6.92 Å². The van der Waals surface area contributed by atoms with Gasteiger partial charge in [-0.2, -0.15) is 0 Å². The lowest BCUT2D eigenvalue weighted by molar-refractivity contribution is -0.171. The molecule has 0 saturated carbocycles. The molecule has 2 atom stereocenters. The smallest absolute Gasteiger partial charge is 0.330 e. The van der Waals surface area contributed by atoms with Crippen LogP contribution in [0.5, 0.6) is 0 Å². The Balaban J connectivity index is 3.69. The quantitative estimate of drug-likeness (QED) is 0.500. The van der Waals surface area contributed by atoms with Crippen LogP contribution in [0.2, 0.25) is 0 Å². The normalized spacial score (nSPS) is 15.7. The maximum atomic E-state index is 14.1. The molecule has 0 heterocycles. The molecule has 5 nitrogen and oxygen atoms in total. The molecule has 1 rings (SSSR count). The summed E-state index contributed by atoms with van der Waals surface area (Å²) in [7, 11) is 0. The first-order valence-corrected chi connectivity index (χ1v) is 6.71. The molecule has 8 heteroatoms. The van der Waals surface area contributed by atoms with Gasteiger partial charge in [0.25, 0.3) is 0 Å². The second kappa shape index (κ2) is 6.19. The maximum Gasteiger partial charge on any atom is 0.330 e. The van der Waals surface area contributed by atoms with Gasteiger partial charge in [0.05, 0.1) is 0 Å². The molecule has 0 spiro atoms. The molecule has 0 radical (unpaired) electrons. The molecule has 2 unspecified atom stereocenters. The highest BCUT2D eigenvalue weighted by atomic mass is 19.2. The van der Waals surface area contributed by atoms with Gasteiger partial charge in [0, 0.05) is 17.7 Å². The average molecular weight is 333 g/mol. The highest BCUT2D eigenvalue weighted by Gasteiger charge is 2.55. The fraction of sp³-hybridized carbons (Fsp3) is 0.467. The molecule has 0 aliphatic carbocycles. The predicted molar refractivity (Wildman–Crippen MR) is 75.1 cm³/mol. The van der Waals surface area contributed by atoms with Crippen LogP contribution in [0.3, 0.4) is 0 Å². The SMILES string of the molecule is CC(N)C(C(=O)O)(C(=O)OC(C)(C)C)c1cc(F)c(F)cc1F. The Morgan fingerprint density at radius 2 is 1.61 bits per heavy atom. The summed E-state index contributed by atoms with van der Waals surface area (Å²) in [6, 6.07) is -1.00. The van der Waals surface area contributed by atoms with Gasteiger partial charge in [-0.05, 0) is 33.8 Å². The van der Waals surface area contributed by atoms with Gasteiger partial charge in [-0.25, -0.2) is 13.2 Å². The van der Waals surface area contributed by atoms with Crippen molar-refractivity contribution in [2.45, 2.75) is 44.8 Å². The highest BCUT2D eigenvalue weighted by molar-refractivity contribution is 6.06. The molecule has 0 saturated heterocycles. The molecule has 0 aliphatic heterocycles. The van der Waals surface area contributed by atoms with Gasteiger partial charge >= 0.3 is 11.9 Å². The first-order chi connectivity index (χ1) is 10.3. The molecule has 128 valence electrons. The summed E-state index contributed by atoms with van der Waals surface area (Å²) in [5.41, 5.74) is 0.910. The Labute approximate surface area is 131 Å². The van der Waals surface area contributed by atoms with Crippen molar-refractivity contribution in [3.63, 3.8) is 0 Å². The lowest BCUT2D eigenvalue weighted by Crippen LogP contribution is -2.58. The first-order valence-electron chi connectivity index (χ1n) is 6.71. The Kier molecular flexibility index (Phi) is 5.10. The largest absolute Gasteiger partial charge is 0.480 e. The van der Waals surface area contributed by atoms with E-state index < -0.39 is 52.0 Å². The fourth-order valence-electron chi connectivity index (χ4n) is 2.12. The van der Waals surface area contributed by atoms with Crippen LogP contribution >= 0.6 is 0 Å². The lowest BCUT2D eigenvalue weighted by atomic mass is 9.74. The van der Waals surface area contributed by atoms with E-state index in [1.54, 1.807) is 0 Å². The van der Waals surface area contributed by atoms with Crippen molar-refractivity contribution in [2.24, 2.45) is 5.73 Å². The molecule has 0 fully saturated rings. The van der Waals surface area contributed by atoms with Crippen LogP contribution in [0, 0.1) is 17.5 Å². The van der Waals surface area contributed by atoms with E-state index in [4.69, 9.17) is 10.5 Å². The maximum absolute atomic E-state index is 14.1. The third-order valence-electron chi connectivity index (χ3n) is 3.18. The topological polar surface area (TPSA) is 89.6 Å². The summed E-state index contributed by atoms with van der Waals surface area (Å²) in [6.45, 7) is 5.56. The molecular formula is C15H18F3NO4. The van der Waals surface area contributed by atoms with E-state index in [1.807, 2.05) is 0 Å². The van der Waals surface area contributed by atoms with Crippen LogP contribution < -0.4 is 5.73 Å². The zero-order valence-corrected chi connectivity index (χ0v) is 13.1. The molecule has 0 aliphatic rings. The summed E-state index contributed by atoms with van der Waals surface area (Å²) in [5, 5.41) is 9.54. The average Bonchev–Trinajstić information content (AvgIpc) is 2.33. The summed E-state index contributed by atoms with van der Waals surface area (Å²) < 4.78 is 45.7. The number of hydrogen-bond donors (Lipinski definition) is 2. The molecule has 0 aromatic heterocycles. The van der Waals surface area contributed by atoms with E-state index in [2.05, 4.69) is 0 Å². The Morgan fingerprint density at radius 3 is 2.00 bits per heavy atom. The number of carbonyl (C=O) groups is 2. The van der Waals surface area contributed by atoms with Gasteiger partial charge in [-0.3, -0.25) is 9.59 Å². The lowest BCUT2D eigenvalue weighted by Gasteiger charge is -2.34. The van der Waals surface area contributed by atoms with Crippen molar-refractivity contribution in [3.05, 3.63) is 35.1 Å². The van der Waals surface area contributed by atoms with Crippen molar-refractivity contribution in [3.8, 4) is 0 Å². The Morgan fingerprint density at radius 1 is 1.13 bits per heavy atom. The number of carboxylic acid groups (broad SMARTS) is 1. The second-order valence-corrected chi connectivity index (χ2v) is 6.15. The van der Waals surface area contributed by atoms with Crippen LogP contribution in [-0.4, -0.2) is 28.7 Å². The number of carboxylic acids is 1. The number of benzene rings is 1. The van der Waals surface area contributed by atoms with Crippen molar-refractivity contribution in [1.29, 1.82) is 0 Å². The Bertz CT molecular complexity index is 640. The standard InChI is InChI=1S/C15H18F3NO4/c1-7(19)15(12(20)21,13(22)23-14(2,3)4)8-5-10(17)11(18)6-9(8)16/h5-7H,19H2,1-4H3,(H,20,21). The summed E-state index contributed by atoms with van der Waals surface area (Å²) >= 11 is 0. The zero-order valence-electron chi connectivity index (χ0n) is 13.1. The molecular weight excluding hydrogens is 315 g/mol. The van der Waals surface area contributed by atoms with Crippen molar-refractivity contribution < 1.29 is 32.6 Å². The monoisotopic (exact) mass is 333 g/mol. The van der Waals surface area contributed by atoms with Crippen molar-refractivity contribution in [2.75, 3.05) is 0 Å². The predicted octanol–water partition coefficient (Wildman–Crippen LogP) is 2.12. The summed E-state index contributed by atoms with van der Waals surface area (Å²) in [4.78, 5) is 24.2. The molecule has 0 amide bonds. The van der Waals surface area contributed by atoms with E-state index in [-0.39, 0.29) is 6.07 Å². The van der Waals surface area contributed by atoms with E-state index in [1.165, 1.54) is 20.8 Å². The molecule has 0 bridgehead atoms. The number of aliphatic carboxylic acids is 1. The van der Waals surface area contributed by atoms with Gasteiger partial charge in [0.2, 0.25) is 5.41 Å². The summed E-state index contributed by atoms with van der Waals surface area (Å²) in [6.07, 6.45) is 0. The van der Waals surface area contributed by atoms with Crippen molar-refractivity contribution >= 4 is 11.9 Å². The third-order valence-corrected chi connectivity index (χ3v) is 3.18. The fourth-order valence-corrected chi connectivity index (χ4v) is 2.12. The number of halogens is 3. The summed E-state index contributed by atoms with van der Waals surface area (Å²) in [5.74, 6) is -7.62. The number of rotatable bonds is 4. The van der Waals surface area contributed by atoms with Gasteiger partial charge in [-0.1, -0.05) is 0 Å². The second-order valence-electron chi connectivity index (χ2n) is 6.15. The Hall–Kier alpha value is -2.09. The zero-order chi connectivity index (χ0) is 18.2. The van der Waals surface area contributed by atoms with Crippen LogP contribution in [-0.2, 0) is 19.7 Å². The minimum atomic E-state index is -2.72. The van der Waals surface area contributed by atoms with E-state index in [9.17, 15) is 27.9 Å². The van der Waals surface area contributed by atoms with Crippen molar-refractivity contribution in [1.82, 2.24) is 0 Å². The van der Waals surface area contributed by atoms with E-state index in [0.29, 0.717) is 6.07 Å². The molecule has 1 aromatic rings. The molecule has 23 heavy (non-hydrogen) atoms. The van der Waals surface area contributed by atoms with E-state index >= 15 is 0 Å². The van der Waals surface area contributed by atoms with Crippen LogP contribution in [0.4, 0.5) is 13.2 Å². The van der Waals surface area contributed by atoms with Gasteiger partial charge < -0.3 is 15.6 Å². The van der Waals surface area contributed by atoms with Gasteiger partial charge in [0.15, 0.2) is 11.6 Å². The third kappa shape index (κ3) is 3.47. The highest BCUT2D eigenvalue weighted by Crippen LogP contribution is 2.34. The van der Waals surface area contributed by atoms with Crippen LogP contribution in [0.25, 0.3) is 0 Å². The van der Waals surface area contributed by atoms with Gasteiger partial charge in [-0.15, -0.1) is 0 Å². The number of nitrogens with two attached hydrogens (primary N) is 1. The number of carbonyl (C=O) groups excluding carboxylic acids is 1. The van der Waals surface area contributed by atoms with Crippen LogP contribution in [0.15, 0.2) is 12.1 Å². The minimum Gasteiger partial charge on any atom is -0.480 e.